The summed E-state index contributed by atoms with van der Waals surface area (Å²) in [4.78, 5) is 4.17. The molecule has 2 rings (SSSR count). The highest BCUT2D eigenvalue weighted by Crippen LogP contribution is 2.22. The van der Waals surface area contributed by atoms with Gasteiger partial charge in [-0.05, 0) is 25.1 Å². The zero-order chi connectivity index (χ0) is 10.8. The molecule has 1 heterocycles. The minimum Gasteiger partial charge on any atom is -0.441 e. The van der Waals surface area contributed by atoms with Crippen LogP contribution in [0.2, 0.25) is 0 Å². The highest BCUT2D eigenvalue weighted by Gasteiger charge is 2.10. The zero-order valence-corrected chi connectivity index (χ0v) is 8.88. The maximum atomic E-state index is 12.9. The van der Waals surface area contributed by atoms with Gasteiger partial charge in [-0.3, -0.25) is 0 Å². The van der Waals surface area contributed by atoms with E-state index in [1.54, 1.807) is 19.1 Å². The Balaban J connectivity index is 2.45. The molecule has 0 atom stereocenters. The number of aromatic nitrogens is 1. The molecular formula is C11H9ClFNO. The number of rotatable bonds is 2. The van der Waals surface area contributed by atoms with Crippen LogP contribution < -0.4 is 0 Å². The van der Waals surface area contributed by atoms with Crippen LogP contribution in [0.4, 0.5) is 4.39 Å². The summed E-state index contributed by atoms with van der Waals surface area (Å²) in [5.41, 5.74) is 1.31. The molecule has 0 saturated heterocycles. The Bertz CT molecular complexity index is 481. The lowest BCUT2D eigenvalue weighted by molar-refractivity contribution is 0.539. The van der Waals surface area contributed by atoms with Crippen molar-refractivity contribution in [2.24, 2.45) is 0 Å². The van der Waals surface area contributed by atoms with E-state index in [0.29, 0.717) is 28.8 Å². The number of benzene rings is 1. The van der Waals surface area contributed by atoms with E-state index in [1.165, 1.54) is 12.1 Å². The third-order valence-electron chi connectivity index (χ3n) is 2.09. The van der Waals surface area contributed by atoms with Crippen molar-refractivity contribution in [3.8, 4) is 11.5 Å². The molecule has 0 N–H and O–H groups in total. The second-order valence-corrected chi connectivity index (χ2v) is 3.43. The Morgan fingerprint density at radius 2 is 2.27 bits per heavy atom. The normalized spacial score (nSPS) is 10.6. The van der Waals surface area contributed by atoms with E-state index in [2.05, 4.69) is 4.98 Å². The van der Waals surface area contributed by atoms with Gasteiger partial charge in [-0.15, -0.1) is 11.6 Å². The first-order chi connectivity index (χ1) is 7.20. The molecule has 0 spiro atoms. The quantitative estimate of drug-likeness (QED) is 0.731. The number of hydrogen-bond acceptors (Lipinski definition) is 2. The molecule has 0 amide bonds. The fourth-order valence-corrected chi connectivity index (χ4v) is 1.54. The molecular weight excluding hydrogens is 217 g/mol. The Labute approximate surface area is 91.7 Å². The van der Waals surface area contributed by atoms with E-state index in [4.69, 9.17) is 16.0 Å². The second-order valence-electron chi connectivity index (χ2n) is 3.17. The van der Waals surface area contributed by atoms with Gasteiger partial charge in [0.15, 0.2) is 0 Å². The first-order valence-electron chi connectivity index (χ1n) is 4.49. The largest absolute Gasteiger partial charge is 0.441 e. The Morgan fingerprint density at radius 1 is 1.47 bits per heavy atom. The first-order valence-corrected chi connectivity index (χ1v) is 5.02. The van der Waals surface area contributed by atoms with Crippen LogP contribution in [0.15, 0.2) is 28.7 Å². The van der Waals surface area contributed by atoms with Crippen LogP contribution in [0.3, 0.4) is 0 Å². The summed E-state index contributed by atoms with van der Waals surface area (Å²) >= 11 is 5.67. The average molecular weight is 226 g/mol. The van der Waals surface area contributed by atoms with Crippen molar-refractivity contribution in [1.82, 2.24) is 4.98 Å². The van der Waals surface area contributed by atoms with Gasteiger partial charge in [0.2, 0.25) is 5.89 Å². The molecule has 0 radical (unpaired) electrons. The van der Waals surface area contributed by atoms with Crippen LogP contribution >= 0.6 is 11.6 Å². The van der Waals surface area contributed by atoms with Crippen LogP contribution in [0, 0.1) is 12.7 Å². The van der Waals surface area contributed by atoms with Crippen molar-refractivity contribution in [1.29, 1.82) is 0 Å². The molecule has 1 aromatic carbocycles. The second kappa shape index (κ2) is 4.03. The average Bonchev–Trinajstić information content (AvgIpc) is 2.60. The molecule has 0 aliphatic heterocycles. The van der Waals surface area contributed by atoms with E-state index < -0.39 is 0 Å². The van der Waals surface area contributed by atoms with Crippen LogP contribution in [0.1, 0.15) is 11.5 Å². The Morgan fingerprint density at radius 3 is 2.87 bits per heavy atom. The van der Waals surface area contributed by atoms with Crippen LogP contribution in [0.5, 0.6) is 0 Å². The lowest BCUT2D eigenvalue weighted by Crippen LogP contribution is -1.82. The number of oxazole rings is 1. The molecule has 0 saturated carbocycles. The standard InChI is InChI=1S/C11H9ClFNO/c1-7-10(6-12)14-11(15-7)8-3-2-4-9(13)5-8/h2-5H,6H2,1H3. The number of nitrogens with zero attached hydrogens (tertiary/aromatic N) is 1. The van der Waals surface area contributed by atoms with Gasteiger partial charge in [-0.25, -0.2) is 9.37 Å². The molecule has 0 aliphatic rings. The summed E-state index contributed by atoms with van der Waals surface area (Å²) in [5, 5.41) is 0. The van der Waals surface area contributed by atoms with Crippen LogP contribution in [-0.4, -0.2) is 4.98 Å². The molecule has 0 unspecified atom stereocenters. The maximum absolute atomic E-state index is 12.9. The van der Waals surface area contributed by atoms with Crippen molar-refractivity contribution in [2.45, 2.75) is 12.8 Å². The zero-order valence-electron chi connectivity index (χ0n) is 8.13. The summed E-state index contributed by atoms with van der Waals surface area (Å²) in [6, 6.07) is 6.11. The summed E-state index contributed by atoms with van der Waals surface area (Å²) in [5.74, 6) is 1.06. The van der Waals surface area contributed by atoms with Gasteiger partial charge in [0.25, 0.3) is 0 Å². The number of hydrogen-bond donors (Lipinski definition) is 0. The summed E-state index contributed by atoms with van der Waals surface area (Å²) < 4.78 is 18.3. The van der Waals surface area contributed by atoms with Crippen molar-refractivity contribution >= 4 is 11.6 Å². The third-order valence-corrected chi connectivity index (χ3v) is 2.34. The number of alkyl halides is 1. The molecule has 0 bridgehead atoms. The minimum atomic E-state index is -0.309. The monoisotopic (exact) mass is 225 g/mol. The molecule has 78 valence electrons. The fourth-order valence-electron chi connectivity index (χ4n) is 1.30. The molecule has 0 aliphatic carbocycles. The highest BCUT2D eigenvalue weighted by atomic mass is 35.5. The molecule has 2 aromatic rings. The van der Waals surface area contributed by atoms with E-state index in [0.717, 1.165) is 0 Å². The Kier molecular flexibility index (Phi) is 2.73. The van der Waals surface area contributed by atoms with Gasteiger partial charge in [0.1, 0.15) is 11.6 Å². The van der Waals surface area contributed by atoms with E-state index in [9.17, 15) is 4.39 Å². The van der Waals surface area contributed by atoms with Gasteiger partial charge >= 0.3 is 0 Å². The highest BCUT2D eigenvalue weighted by molar-refractivity contribution is 6.16. The molecule has 0 fully saturated rings. The topological polar surface area (TPSA) is 26.0 Å². The third kappa shape index (κ3) is 2.02. The summed E-state index contributed by atoms with van der Waals surface area (Å²) in [7, 11) is 0. The van der Waals surface area contributed by atoms with Gasteiger partial charge in [-0.1, -0.05) is 6.07 Å². The minimum absolute atomic E-state index is 0.296. The van der Waals surface area contributed by atoms with E-state index in [-0.39, 0.29) is 5.82 Å². The fraction of sp³-hybridized carbons (Fsp3) is 0.182. The molecule has 15 heavy (non-hydrogen) atoms. The van der Waals surface area contributed by atoms with Crippen molar-refractivity contribution in [2.75, 3.05) is 0 Å². The predicted octanol–water partition coefficient (Wildman–Crippen LogP) is 3.53. The van der Waals surface area contributed by atoms with Gasteiger partial charge in [0, 0.05) is 5.56 Å². The molecule has 4 heteroatoms. The van der Waals surface area contributed by atoms with E-state index in [1.807, 2.05) is 0 Å². The van der Waals surface area contributed by atoms with Crippen molar-refractivity contribution in [3.05, 3.63) is 41.5 Å². The van der Waals surface area contributed by atoms with Gasteiger partial charge < -0.3 is 4.42 Å². The Hall–Kier alpha value is -1.35. The maximum Gasteiger partial charge on any atom is 0.226 e. The van der Waals surface area contributed by atoms with E-state index >= 15 is 0 Å². The summed E-state index contributed by atoms with van der Waals surface area (Å²) in [6.07, 6.45) is 0. The first kappa shape index (κ1) is 10.2. The van der Waals surface area contributed by atoms with Crippen molar-refractivity contribution < 1.29 is 8.81 Å². The number of aryl methyl sites for hydroxylation is 1. The SMILES string of the molecule is Cc1oc(-c2cccc(F)c2)nc1CCl. The molecule has 2 nitrogen and oxygen atoms in total. The number of halogens is 2. The van der Waals surface area contributed by atoms with Gasteiger partial charge in [-0.2, -0.15) is 0 Å². The van der Waals surface area contributed by atoms with Crippen LogP contribution in [-0.2, 0) is 5.88 Å². The predicted molar refractivity (Wildman–Crippen MR) is 56.2 cm³/mol. The van der Waals surface area contributed by atoms with Crippen LogP contribution in [0.25, 0.3) is 11.5 Å². The van der Waals surface area contributed by atoms with Gasteiger partial charge in [0.05, 0.1) is 11.6 Å². The lowest BCUT2D eigenvalue weighted by Gasteiger charge is -1.94. The summed E-state index contributed by atoms with van der Waals surface area (Å²) in [6.45, 7) is 1.79. The lowest BCUT2D eigenvalue weighted by atomic mass is 10.2. The van der Waals surface area contributed by atoms with Crippen molar-refractivity contribution in [3.63, 3.8) is 0 Å². The smallest absolute Gasteiger partial charge is 0.226 e. The molecule has 1 aromatic heterocycles.